The minimum atomic E-state index is -0.790. The predicted octanol–water partition coefficient (Wildman–Crippen LogP) is 1.84. The fraction of sp³-hybridized carbons (Fsp3) is 0.333. The second-order valence-electron chi connectivity index (χ2n) is 5.69. The number of carbonyl (C=O) groups is 3. The highest BCUT2D eigenvalue weighted by atomic mass is 16.5. The maximum absolute atomic E-state index is 12.2. The first-order valence-corrected chi connectivity index (χ1v) is 8.45. The molecule has 2 amide bonds. The zero-order valence-electron chi connectivity index (χ0n) is 15.4. The standard InChI is InChI=1S/C18H22N4O5/c1-4-22(5-2)17(24)12-6-8-13(9-7-12)20-14(23)10-26-18(25)15-11(3)21-27-16(15)19/h6-9H,4-5,10,19H2,1-3H3,(H,20,23). The molecular weight excluding hydrogens is 352 g/mol. The first kappa shape index (κ1) is 20.0. The summed E-state index contributed by atoms with van der Waals surface area (Å²) < 4.78 is 9.59. The van der Waals surface area contributed by atoms with Crippen molar-refractivity contribution in [2.75, 3.05) is 30.7 Å². The number of nitrogens with zero attached hydrogens (tertiary/aromatic N) is 2. The van der Waals surface area contributed by atoms with Crippen LogP contribution >= 0.6 is 0 Å². The summed E-state index contributed by atoms with van der Waals surface area (Å²) in [6.07, 6.45) is 0. The lowest BCUT2D eigenvalue weighted by atomic mass is 10.2. The Bertz CT molecular complexity index is 805. The summed E-state index contributed by atoms with van der Waals surface area (Å²) in [7, 11) is 0. The van der Waals surface area contributed by atoms with Gasteiger partial charge in [0.2, 0.25) is 5.88 Å². The third-order valence-corrected chi connectivity index (χ3v) is 3.89. The van der Waals surface area contributed by atoms with Gasteiger partial charge in [0, 0.05) is 24.3 Å². The Morgan fingerprint density at radius 1 is 1.19 bits per heavy atom. The number of ether oxygens (including phenoxy) is 1. The van der Waals surface area contributed by atoms with Crippen LogP contribution in [-0.2, 0) is 9.53 Å². The van der Waals surface area contributed by atoms with Crippen LogP contribution in [0.4, 0.5) is 11.6 Å². The number of esters is 1. The Morgan fingerprint density at radius 3 is 2.33 bits per heavy atom. The number of rotatable bonds is 7. The van der Waals surface area contributed by atoms with E-state index in [1.165, 1.54) is 6.92 Å². The molecule has 0 atom stereocenters. The third-order valence-electron chi connectivity index (χ3n) is 3.89. The second-order valence-corrected chi connectivity index (χ2v) is 5.69. The lowest BCUT2D eigenvalue weighted by Crippen LogP contribution is -2.30. The molecule has 2 rings (SSSR count). The van der Waals surface area contributed by atoms with E-state index in [0.29, 0.717) is 24.3 Å². The molecule has 0 saturated carbocycles. The number of benzene rings is 1. The van der Waals surface area contributed by atoms with Gasteiger partial charge < -0.3 is 25.2 Å². The molecule has 0 unspecified atom stereocenters. The van der Waals surface area contributed by atoms with Gasteiger partial charge in [0.05, 0.1) is 5.69 Å². The van der Waals surface area contributed by atoms with Crippen molar-refractivity contribution in [3.05, 3.63) is 41.1 Å². The summed E-state index contributed by atoms with van der Waals surface area (Å²) in [5.74, 6) is -1.56. The maximum atomic E-state index is 12.2. The third kappa shape index (κ3) is 4.84. The van der Waals surface area contributed by atoms with E-state index in [1.807, 2.05) is 13.8 Å². The highest BCUT2D eigenvalue weighted by Crippen LogP contribution is 2.16. The average Bonchev–Trinajstić information content (AvgIpc) is 2.99. The van der Waals surface area contributed by atoms with E-state index in [4.69, 9.17) is 10.5 Å². The number of anilines is 2. The van der Waals surface area contributed by atoms with Crippen molar-refractivity contribution < 1.29 is 23.6 Å². The van der Waals surface area contributed by atoms with Crippen LogP contribution in [0.1, 0.15) is 40.3 Å². The van der Waals surface area contributed by atoms with Crippen molar-refractivity contribution in [2.45, 2.75) is 20.8 Å². The molecule has 0 aliphatic heterocycles. The molecular formula is C18H22N4O5. The molecule has 1 aromatic heterocycles. The molecule has 27 heavy (non-hydrogen) atoms. The van der Waals surface area contributed by atoms with E-state index < -0.39 is 18.5 Å². The van der Waals surface area contributed by atoms with Gasteiger partial charge in [0.1, 0.15) is 5.56 Å². The number of nitrogens with two attached hydrogens (primary N) is 1. The van der Waals surface area contributed by atoms with Gasteiger partial charge >= 0.3 is 5.97 Å². The average molecular weight is 374 g/mol. The zero-order valence-corrected chi connectivity index (χ0v) is 15.4. The second kappa shape index (κ2) is 8.84. The normalized spacial score (nSPS) is 10.3. The zero-order chi connectivity index (χ0) is 20.0. The molecule has 9 heteroatoms. The topological polar surface area (TPSA) is 128 Å². The van der Waals surface area contributed by atoms with E-state index in [-0.39, 0.29) is 23.0 Å². The highest BCUT2D eigenvalue weighted by Gasteiger charge is 2.21. The van der Waals surface area contributed by atoms with Gasteiger partial charge in [0.25, 0.3) is 11.8 Å². The van der Waals surface area contributed by atoms with Crippen LogP contribution in [0.15, 0.2) is 28.8 Å². The Hall–Kier alpha value is -3.36. The maximum Gasteiger partial charge on any atom is 0.346 e. The summed E-state index contributed by atoms with van der Waals surface area (Å²) in [6.45, 7) is 6.10. The Kier molecular flexibility index (Phi) is 6.53. The largest absolute Gasteiger partial charge is 0.452 e. The van der Waals surface area contributed by atoms with Crippen LogP contribution in [-0.4, -0.2) is 47.5 Å². The fourth-order valence-corrected chi connectivity index (χ4v) is 2.43. The molecule has 0 saturated heterocycles. The molecule has 144 valence electrons. The number of carbonyl (C=O) groups excluding carboxylic acids is 3. The van der Waals surface area contributed by atoms with E-state index in [0.717, 1.165) is 0 Å². The molecule has 2 aromatic rings. The van der Waals surface area contributed by atoms with Crippen LogP contribution < -0.4 is 11.1 Å². The summed E-state index contributed by atoms with van der Waals surface area (Å²) in [5, 5.41) is 6.13. The van der Waals surface area contributed by atoms with Gasteiger partial charge in [-0.15, -0.1) is 0 Å². The number of aryl methyl sites for hydroxylation is 1. The Morgan fingerprint density at radius 2 is 1.81 bits per heavy atom. The van der Waals surface area contributed by atoms with Gasteiger partial charge in [-0.05, 0) is 45.0 Å². The molecule has 1 aromatic carbocycles. The first-order chi connectivity index (χ1) is 12.9. The van der Waals surface area contributed by atoms with Gasteiger partial charge in [-0.1, -0.05) is 5.16 Å². The van der Waals surface area contributed by atoms with E-state index in [9.17, 15) is 14.4 Å². The van der Waals surface area contributed by atoms with E-state index in [2.05, 4.69) is 15.0 Å². The predicted molar refractivity (Wildman–Crippen MR) is 98.3 cm³/mol. The number of aromatic nitrogens is 1. The minimum Gasteiger partial charge on any atom is -0.452 e. The van der Waals surface area contributed by atoms with Crippen molar-refractivity contribution in [1.29, 1.82) is 0 Å². The highest BCUT2D eigenvalue weighted by molar-refractivity contribution is 5.98. The SMILES string of the molecule is CCN(CC)C(=O)c1ccc(NC(=O)COC(=O)c2c(C)noc2N)cc1. The van der Waals surface area contributed by atoms with Gasteiger partial charge in [-0.25, -0.2) is 4.79 Å². The summed E-state index contributed by atoms with van der Waals surface area (Å²) >= 11 is 0. The van der Waals surface area contributed by atoms with Crippen LogP contribution in [0.25, 0.3) is 0 Å². The van der Waals surface area contributed by atoms with Crippen LogP contribution in [0.5, 0.6) is 0 Å². The van der Waals surface area contributed by atoms with E-state index >= 15 is 0 Å². The van der Waals surface area contributed by atoms with Crippen molar-refractivity contribution in [3.8, 4) is 0 Å². The molecule has 1 heterocycles. The molecule has 9 nitrogen and oxygen atoms in total. The quantitative estimate of drug-likeness (QED) is 0.708. The van der Waals surface area contributed by atoms with Crippen LogP contribution in [0, 0.1) is 6.92 Å². The lowest BCUT2D eigenvalue weighted by molar-refractivity contribution is -0.119. The van der Waals surface area contributed by atoms with Crippen molar-refractivity contribution in [3.63, 3.8) is 0 Å². The molecule has 0 aliphatic carbocycles. The van der Waals surface area contributed by atoms with Gasteiger partial charge in [0.15, 0.2) is 6.61 Å². The van der Waals surface area contributed by atoms with Crippen molar-refractivity contribution in [1.82, 2.24) is 10.1 Å². The molecule has 0 spiro atoms. The number of hydrogen-bond acceptors (Lipinski definition) is 7. The Balaban J connectivity index is 1.91. The number of nitrogens with one attached hydrogen (secondary N) is 1. The first-order valence-electron chi connectivity index (χ1n) is 8.45. The summed E-state index contributed by atoms with van der Waals surface area (Å²) in [6, 6.07) is 6.48. The van der Waals surface area contributed by atoms with Crippen molar-refractivity contribution >= 4 is 29.4 Å². The van der Waals surface area contributed by atoms with Gasteiger partial charge in [-0.2, -0.15) is 0 Å². The molecule has 0 radical (unpaired) electrons. The van der Waals surface area contributed by atoms with Crippen molar-refractivity contribution in [2.24, 2.45) is 0 Å². The lowest BCUT2D eigenvalue weighted by Gasteiger charge is -2.18. The van der Waals surface area contributed by atoms with E-state index in [1.54, 1.807) is 29.2 Å². The minimum absolute atomic E-state index is 0.00191. The monoisotopic (exact) mass is 374 g/mol. The number of nitrogen functional groups attached to an aromatic ring is 1. The molecule has 3 N–H and O–H groups in total. The molecule has 0 fully saturated rings. The van der Waals surface area contributed by atoms with Gasteiger partial charge in [-0.3, -0.25) is 9.59 Å². The Labute approximate surface area is 156 Å². The summed E-state index contributed by atoms with van der Waals surface area (Å²) in [5.41, 5.74) is 6.78. The smallest absolute Gasteiger partial charge is 0.346 e. The molecule has 0 bridgehead atoms. The number of hydrogen-bond donors (Lipinski definition) is 2. The molecule has 0 aliphatic rings. The number of amides is 2. The summed E-state index contributed by atoms with van der Waals surface area (Å²) in [4.78, 5) is 37.8. The fourth-order valence-electron chi connectivity index (χ4n) is 2.43. The van der Waals surface area contributed by atoms with Crippen LogP contribution in [0.2, 0.25) is 0 Å². The van der Waals surface area contributed by atoms with Crippen LogP contribution in [0.3, 0.4) is 0 Å².